The average Bonchev–Trinajstić information content (AvgIpc) is 3.61. The second-order valence-corrected chi connectivity index (χ2v) is 9.63. The Morgan fingerprint density at radius 2 is 1.71 bits per heavy atom. The monoisotopic (exact) mass is 523 g/mol. The molecule has 2 heterocycles. The van der Waals surface area contributed by atoms with Gasteiger partial charge in [-0.05, 0) is 54.3 Å². The molecular formula is C28H23F2NO7. The van der Waals surface area contributed by atoms with E-state index in [9.17, 15) is 23.5 Å². The summed E-state index contributed by atoms with van der Waals surface area (Å²) in [6, 6.07) is 15.9. The molecule has 2 atom stereocenters. The van der Waals surface area contributed by atoms with Crippen molar-refractivity contribution in [3.05, 3.63) is 82.9 Å². The van der Waals surface area contributed by atoms with Crippen molar-refractivity contribution in [1.82, 2.24) is 5.32 Å². The molecule has 1 aliphatic carbocycles. The zero-order valence-corrected chi connectivity index (χ0v) is 20.2. The van der Waals surface area contributed by atoms with Crippen molar-refractivity contribution in [2.24, 2.45) is 0 Å². The van der Waals surface area contributed by atoms with Crippen LogP contribution in [0.15, 0.2) is 60.7 Å². The minimum Gasteiger partial charge on any atom is -0.508 e. The maximum absolute atomic E-state index is 13.7. The fraction of sp³-hybridized carbons (Fsp3) is 0.286. The zero-order chi connectivity index (χ0) is 26.7. The van der Waals surface area contributed by atoms with E-state index in [0.717, 1.165) is 5.56 Å². The molecule has 6 rings (SSSR count). The van der Waals surface area contributed by atoms with Crippen molar-refractivity contribution < 1.29 is 42.4 Å². The van der Waals surface area contributed by atoms with E-state index in [1.54, 1.807) is 36.4 Å². The minimum atomic E-state index is -3.72. The van der Waals surface area contributed by atoms with Crippen molar-refractivity contribution in [2.75, 3.05) is 7.11 Å². The quantitative estimate of drug-likeness (QED) is 0.458. The Balaban J connectivity index is 1.26. The molecule has 0 unspecified atom stereocenters. The Morgan fingerprint density at radius 1 is 0.974 bits per heavy atom. The van der Waals surface area contributed by atoms with E-state index in [1.165, 1.54) is 31.4 Å². The van der Waals surface area contributed by atoms with Gasteiger partial charge in [0.1, 0.15) is 17.6 Å². The number of carbonyl (C=O) groups excluding carboxylic acids is 2. The van der Waals surface area contributed by atoms with E-state index in [4.69, 9.17) is 9.47 Å². The fourth-order valence-electron chi connectivity index (χ4n) is 5.04. The summed E-state index contributed by atoms with van der Waals surface area (Å²) in [6.45, 7) is 0. The van der Waals surface area contributed by atoms with Gasteiger partial charge in [-0.2, -0.15) is 0 Å². The van der Waals surface area contributed by atoms with Crippen LogP contribution in [-0.2, 0) is 15.1 Å². The van der Waals surface area contributed by atoms with Gasteiger partial charge in [0.25, 0.3) is 0 Å². The van der Waals surface area contributed by atoms with E-state index < -0.39 is 29.8 Å². The van der Waals surface area contributed by atoms with Gasteiger partial charge >= 0.3 is 12.3 Å². The van der Waals surface area contributed by atoms with Crippen molar-refractivity contribution in [1.29, 1.82) is 0 Å². The Hall–Kier alpha value is -4.34. The number of alkyl halides is 2. The summed E-state index contributed by atoms with van der Waals surface area (Å²) in [5.74, 6) is -1.07. The molecule has 0 aromatic heterocycles. The molecule has 0 bridgehead atoms. The molecule has 8 nitrogen and oxygen atoms in total. The standard InChI is InChI=1S/C28H23F2NO7/c1-35-26(34)16-4-2-15(3-5-16)22-14-20(19-8-7-18(32)13-23(19)36-22)25(33)31-27(10-11-27)17-6-9-21-24(12-17)38-28(29,30)37-21/h2-9,12-13,20,22,32H,10-11,14H2,1H3,(H,31,33)/t20-,22-/m1/s1. The van der Waals surface area contributed by atoms with Crippen molar-refractivity contribution in [3.8, 4) is 23.0 Å². The van der Waals surface area contributed by atoms with Gasteiger partial charge in [0.05, 0.1) is 24.1 Å². The SMILES string of the molecule is COC(=O)c1ccc([C@H]2C[C@@H](C(=O)NC3(c4ccc5c(c4)OC(F)(F)O5)CC3)c3ccc(O)cc3O2)cc1. The molecule has 1 amide bonds. The zero-order valence-electron chi connectivity index (χ0n) is 20.2. The van der Waals surface area contributed by atoms with Crippen molar-refractivity contribution in [2.45, 2.75) is 43.1 Å². The van der Waals surface area contributed by atoms with Crippen LogP contribution in [0.3, 0.4) is 0 Å². The van der Waals surface area contributed by atoms with Gasteiger partial charge in [0, 0.05) is 18.1 Å². The topological polar surface area (TPSA) is 103 Å². The molecule has 0 saturated heterocycles. The third-order valence-electron chi connectivity index (χ3n) is 7.18. The minimum absolute atomic E-state index is 0.000391. The summed E-state index contributed by atoms with van der Waals surface area (Å²) in [6.07, 6.45) is -2.65. The van der Waals surface area contributed by atoms with Crippen LogP contribution in [-0.4, -0.2) is 30.4 Å². The number of phenols is 1. The number of ether oxygens (including phenoxy) is 4. The third kappa shape index (κ3) is 4.25. The molecular weight excluding hydrogens is 500 g/mol. The number of benzene rings is 3. The molecule has 38 heavy (non-hydrogen) atoms. The summed E-state index contributed by atoms with van der Waals surface area (Å²) in [7, 11) is 1.30. The molecule has 2 N–H and O–H groups in total. The molecule has 0 spiro atoms. The summed E-state index contributed by atoms with van der Waals surface area (Å²) in [4.78, 5) is 25.5. The van der Waals surface area contributed by atoms with E-state index in [2.05, 4.69) is 14.8 Å². The first-order valence-corrected chi connectivity index (χ1v) is 12.1. The first-order valence-electron chi connectivity index (χ1n) is 12.1. The second-order valence-electron chi connectivity index (χ2n) is 9.63. The maximum Gasteiger partial charge on any atom is 0.586 e. The van der Waals surface area contributed by atoms with Gasteiger partial charge in [-0.1, -0.05) is 24.3 Å². The summed E-state index contributed by atoms with van der Waals surface area (Å²) < 4.78 is 47.0. The predicted octanol–water partition coefficient (Wildman–Crippen LogP) is 4.91. The van der Waals surface area contributed by atoms with Crippen LogP contribution in [0.5, 0.6) is 23.0 Å². The number of esters is 1. The largest absolute Gasteiger partial charge is 0.586 e. The molecule has 3 aromatic rings. The maximum atomic E-state index is 13.7. The number of methoxy groups -OCH3 is 1. The lowest BCUT2D eigenvalue weighted by molar-refractivity contribution is -0.286. The van der Waals surface area contributed by atoms with Crippen LogP contribution in [0.2, 0.25) is 0 Å². The highest BCUT2D eigenvalue weighted by Crippen LogP contribution is 2.51. The number of fused-ring (bicyclic) bond motifs is 2. The molecule has 2 aliphatic heterocycles. The van der Waals surface area contributed by atoms with Crippen LogP contribution in [0, 0.1) is 0 Å². The molecule has 0 radical (unpaired) electrons. The number of phenolic OH excluding ortho intramolecular Hbond substituents is 1. The van der Waals surface area contributed by atoms with Crippen molar-refractivity contribution >= 4 is 11.9 Å². The lowest BCUT2D eigenvalue weighted by atomic mass is 9.86. The lowest BCUT2D eigenvalue weighted by Crippen LogP contribution is -2.40. The van der Waals surface area contributed by atoms with Gasteiger partial charge in [-0.15, -0.1) is 8.78 Å². The summed E-state index contributed by atoms with van der Waals surface area (Å²) in [5.41, 5.74) is 1.71. The normalized spacial score (nSPS) is 21.6. The Kier molecular flexibility index (Phi) is 5.44. The van der Waals surface area contributed by atoms with Crippen LogP contribution < -0.4 is 19.5 Å². The van der Waals surface area contributed by atoms with Crippen LogP contribution in [0.1, 0.15) is 58.3 Å². The smallest absolute Gasteiger partial charge is 0.508 e. The third-order valence-corrected chi connectivity index (χ3v) is 7.18. The van der Waals surface area contributed by atoms with E-state index >= 15 is 0 Å². The number of hydrogen-bond donors (Lipinski definition) is 2. The first kappa shape index (κ1) is 24.0. The van der Waals surface area contributed by atoms with Gasteiger partial charge in [-0.25, -0.2) is 4.79 Å². The van der Waals surface area contributed by atoms with Crippen molar-refractivity contribution in [3.63, 3.8) is 0 Å². The first-order chi connectivity index (χ1) is 18.2. The molecule has 3 aliphatic rings. The Labute approximate surface area is 216 Å². The number of carbonyl (C=O) groups is 2. The molecule has 1 fully saturated rings. The number of amides is 1. The van der Waals surface area contributed by atoms with E-state index in [-0.39, 0.29) is 23.2 Å². The number of halogens is 2. The fourth-order valence-corrected chi connectivity index (χ4v) is 5.04. The predicted molar refractivity (Wildman–Crippen MR) is 128 cm³/mol. The molecule has 196 valence electrons. The number of rotatable bonds is 5. The highest BCUT2D eigenvalue weighted by Gasteiger charge is 2.50. The van der Waals surface area contributed by atoms with Crippen LogP contribution in [0.4, 0.5) is 8.78 Å². The highest BCUT2D eigenvalue weighted by molar-refractivity contribution is 5.89. The van der Waals surface area contributed by atoms with E-state index in [1.807, 2.05) is 0 Å². The second kappa shape index (κ2) is 8.61. The summed E-state index contributed by atoms with van der Waals surface area (Å²) >= 11 is 0. The Bertz CT molecular complexity index is 1440. The van der Waals surface area contributed by atoms with E-state index in [0.29, 0.717) is 41.7 Å². The van der Waals surface area contributed by atoms with Gasteiger partial charge in [0.2, 0.25) is 5.91 Å². The number of hydrogen-bond acceptors (Lipinski definition) is 7. The molecule has 10 heteroatoms. The summed E-state index contributed by atoms with van der Waals surface area (Å²) in [5, 5.41) is 13.2. The van der Waals surface area contributed by atoms with Gasteiger partial charge in [-0.3, -0.25) is 4.79 Å². The molecule has 1 saturated carbocycles. The number of aromatic hydroxyl groups is 1. The number of nitrogens with one attached hydrogen (secondary N) is 1. The lowest BCUT2D eigenvalue weighted by Gasteiger charge is -2.33. The highest BCUT2D eigenvalue weighted by atomic mass is 19.3. The average molecular weight is 523 g/mol. The van der Waals surface area contributed by atoms with Crippen LogP contribution in [0.25, 0.3) is 0 Å². The van der Waals surface area contributed by atoms with Gasteiger partial charge < -0.3 is 29.4 Å². The Morgan fingerprint density at radius 3 is 2.42 bits per heavy atom. The van der Waals surface area contributed by atoms with Crippen LogP contribution >= 0.6 is 0 Å². The molecule has 3 aromatic carbocycles. The van der Waals surface area contributed by atoms with Gasteiger partial charge in [0.15, 0.2) is 11.5 Å².